The van der Waals surface area contributed by atoms with Crippen molar-refractivity contribution in [3.8, 4) is 6.07 Å². The molecule has 0 bridgehead atoms. The van der Waals surface area contributed by atoms with Gasteiger partial charge in [-0.25, -0.2) is 0 Å². The van der Waals surface area contributed by atoms with Gasteiger partial charge in [-0.15, -0.1) is 5.10 Å². The van der Waals surface area contributed by atoms with Gasteiger partial charge in [-0.2, -0.15) is 15.5 Å². The topological polar surface area (TPSA) is 70.6 Å². The second-order valence-electron chi connectivity index (χ2n) is 5.47. The van der Waals surface area contributed by atoms with Gasteiger partial charge in [0.1, 0.15) is 6.07 Å². The van der Waals surface area contributed by atoms with Gasteiger partial charge in [0, 0.05) is 25.2 Å². The van der Waals surface area contributed by atoms with Gasteiger partial charge >= 0.3 is 0 Å². The third kappa shape index (κ3) is 1.92. The standard InChI is InChI=1S/C14H14N6/c15-5-10-6-16-20(7-10)12-8-19(9-12)14-4-3-13(17-18-14)11-1-2-11/h3-4,6-7,11-12H,1-2,8-9H2. The Labute approximate surface area is 116 Å². The Morgan fingerprint density at radius 3 is 2.65 bits per heavy atom. The summed E-state index contributed by atoms with van der Waals surface area (Å²) in [7, 11) is 0. The van der Waals surface area contributed by atoms with Gasteiger partial charge in [-0.1, -0.05) is 0 Å². The van der Waals surface area contributed by atoms with Gasteiger partial charge in [0.2, 0.25) is 0 Å². The molecule has 1 aliphatic carbocycles. The Morgan fingerprint density at radius 1 is 1.20 bits per heavy atom. The molecule has 4 rings (SSSR count). The molecule has 2 fully saturated rings. The second-order valence-corrected chi connectivity index (χ2v) is 5.47. The minimum Gasteiger partial charge on any atom is -0.351 e. The third-order valence-electron chi connectivity index (χ3n) is 3.96. The van der Waals surface area contributed by atoms with Crippen molar-refractivity contribution in [2.24, 2.45) is 0 Å². The van der Waals surface area contributed by atoms with E-state index in [2.05, 4.69) is 38.4 Å². The van der Waals surface area contributed by atoms with Gasteiger partial charge in [-0.05, 0) is 25.0 Å². The van der Waals surface area contributed by atoms with E-state index < -0.39 is 0 Å². The minimum atomic E-state index is 0.321. The fourth-order valence-corrected chi connectivity index (χ4v) is 2.51. The van der Waals surface area contributed by atoms with E-state index in [1.54, 1.807) is 12.4 Å². The lowest BCUT2D eigenvalue weighted by atomic mass is 10.1. The molecule has 0 spiro atoms. The SMILES string of the molecule is N#Cc1cnn(C2CN(c3ccc(C4CC4)nn3)C2)c1. The van der Waals surface area contributed by atoms with Crippen LogP contribution in [0.15, 0.2) is 24.5 Å². The molecule has 0 atom stereocenters. The summed E-state index contributed by atoms with van der Waals surface area (Å²) in [5, 5.41) is 21.6. The maximum Gasteiger partial charge on any atom is 0.151 e. The quantitative estimate of drug-likeness (QED) is 0.841. The molecule has 6 nitrogen and oxygen atoms in total. The first kappa shape index (κ1) is 11.4. The Balaban J connectivity index is 1.41. The molecule has 1 aliphatic heterocycles. The third-order valence-corrected chi connectivity index (χ3v) is 3.96. The zero-order chi connectivity index (χ0) is 13.5. The lowest BCUT2D eigenvalue weighted by Gasteiger charge is -2.39. The highest BCUT2D eigenvalue weighted by Gasteiger charge is 2.31. The van der Waals surface area contributed by atoms with Crippen LogP contribution in [-0.2, 0) is 0 Å². The summed E-state index contributed by atoms with van der Waals surface area (Å²) in [5.74, 6) is 1.58. The van der Waals surface area contributed by atoms with Crippen LogP contribution >= 0.6 is 0 Å². The van der Waals surface area contributed by atoms with Crippen LogP contribution in [0.4, 0.5) is 5.82 Å². The van der Waals surface area contributed by atoms with Gasteiger partial charge in [0.15, 0.2) is 5.82 Å². The monoisotopic (exact) mass is 266 g/mol. The molecule has 1 saturated heterocycles. The molecule has 2 aromatic heterocycles. The Kier molecular flexibility index (Phi) is 2.46. The predicted molar refractivity (Wildman–Crippen MR) is 72.2 cm³/mol. The first-order valence-electron chi connectivity index (χ1n) is 6.86. The van der Waals surface area contributed by atoms with Crippen LogP contribution in [0.1, 0.15) is 36.1 Å². The van der Waals surface area contributed by atoms with Crippen molar-refractivity contribution in [3.05, 3.63) is 35.8 Å². The van der Waals surface area contributed by atoms with E-state index in [1.807, 2.05) is 4.68 Å². The molecule has 0 amide bonds. The number of hydrogen-bond acceptors (Lipinski definition) is 5. The first-order chi connectivity index (χ1) is 9.83. The molecular formula is C14H14N6. The summed E-state index contributed by atoms with van der Waals surface area (Å²) in [6, 6.07) is 6.57. The average Bonchev–Trinajstić information content (AvgIpc) is 3.17. The predicted octanol–water partition coefficient (Wildman–Crippen LogP) is 1.48. The molecule has 100 valence electrons. The Hall–Kier alpha value is -2.42. The zero-order valence-corrected chi connectivity index (χ0v) is 11.0. The number of nitriles is 1. The Morgan fingerprint density at radius 2 is 2.05 bits per heavy atom. The second kappa shape index (κ2) is 4.30. The summed E-state index contributed by atoms with van der Waals surface area (Å²) in [4.78, 5) is 2.18. The van der Waals surface area contributed by atoms with Gasteiger partial charge in [0.05, 0.1) is 23.5 Å². The van der Waals surface area contributed by atoms with Crippen molar-refractivity contribution < 1.29 is 0 Å². The van der Waals surface area contributed by atoms with Crippen LogP contribution in [0.5, 0.6) is 0 Å². The van der Waals surface area contributed by atoms with E-state index in [9.17, 15) is 0 Å². The van der Waals surface area contributed by atoms with Crippen molar-refractivity contribution in [1.82, 2.24) is 20.0 Å². The van der Waals surface area contributed by atoms with Crippen molar-refractivity contribution in [1.29, 1.82) is 5.26 Å². The van der Waals surface area contributed by atoms with Crippen LogP contribution in [0.2, 0.25) is 0 Å². The van der Waals surface area contributed by atoms with E-state index in [4.69, 9.17) is 5.26 Å². The largest absolute Gasteiger partial charge is 0.351 e. The summed E-state index contributed by atoms with van der Waals surface area (Å²) < 4.78 is 1.86. The maximum absolute atomic E-state index is 8.80. The summed E-state index contributed by atoms with van der Waals surface area (Å²) in [6.45, 7) is 1.73. The molecule has 0 aromatic carbocycles. The van der Waals surface area contributed by atoms with Crippen LogP contribution in [0.3, 0.4) is 0 Å². The minimum absolute atomic E-state index is 0.321. The zero-order valence-electron chi connectivity index (χ0n) is 11.0. The van der Waals surface area contributed by atoms with Gasteiger partial charge in [0.25, 0.3) is 0 Å². The van der Waals surface area contributed by atoms with Crippen molar-refractivity contribution in [3.63, 3.8) is 0 Å². The molecule has 2 aliphatic rings. The first-order valence-corrected chi connectivity index (χ1v) is 6.86. The van der Waals surface area contributed by atoms with Crippen molar-refractivity contribution in [2.75, 3.05) is 18.0 Å². The lowest BCUT2D eigenvalue weighted by Crippen LogP contribution is -2.48. The number of anilines is 1. The average molecular weight is 266 g/mol. The number of aromatic nitrogens is 4. The molecule has 2 aromatic rings. The highest BCUT2D eigenvalue weighted by molar-refractivity contribution is 5.41. The highest BCUT2D eigenvalue weighted by atomic mass is 15.4. The van der Waals surface area contributed by atoms with E-state index in [-0.39, 0.29) is 0 Å². The molecule has 0 N–H and O–H groups in total. The molecule has 0 radical (unpaired) electrons. The molecule has 3 heterocycles. The lowest BCUT2D eigenvalue weighted by molar-refractivity contribution is 0.365. The van der Waals surface area contributed by atoms with Gasteiger partial charge in [-0.3, -0.25) is 4.68 Å². The van der Waals surface area contributed by atoms with Crippen molar-refractivity contribution >= 4 is 5.82 Å². The summed E-state index contributed by atoms with van der Waals surface area (Å²) >= 11 is 0. The normalized spacial score (nSPS) is 18.6. The smallest absolute Gasteiger partial charge is 0.151 e. The van der Waals surface area contributed by atoms with Crippen molar-refractivity contribution in [2.45, 2.75) is 24.8 Å². The fourth-order valence-electron chi connectivity index (χ4n) is 2.51. The molecule has 1 saturated carbocycles. The fraction of sp³-hybridized carbons (Fsp3) is 0.429. The Bertz CT molecular complexity index is 658. The molecule has 20 heavy (non-hydrogen) atoms. The number of hydrogen-bond donors (Lipinski definition) is 0. The number of nitrogens with zero attached hydrogens (tertiary/aromatic N) is 6. The van der Waals surface area contributed by atoms with E-state index in [1.165, 1.54) is 12.8 Å². The van der Waals surface area contributed by atoms with Crippen LogP contribution in [-0.4, -0.2) is 33.1 Å². The van der Waals surface area contributed by atoms with Crippen LogP contribution in [0.25, 0.3) is 0 Å². The molecule has 6 heteroatoms. The molecule has 0 unspecified atom stereocenters. The van der Waals surface area contributed by atoms with E-state index in [0.29, 0.717) is 17.5 Å². The van der Waals surface area contributed by atoms with E-state index in [0.717, 1.165) is 24.6 Å². The molecular weight excluding hydrogens is 252 g/mol. The van der Waals surface area contributed by atoms with Crippen LogP contribution < -0.4 is 4.90 Å². The van der Waals surface area contributed by atoms with Crippen LogP contribution in [0, 0.1) is 11.3 Å². The van der Waals surface area contributed by atoms with Gasteiger partial charge < -0.3 is 4.90 Å². The summed E-state index contributed by atoms with van der Waals surface area (Å²) in [6.07, 6.45) is 5.90. The number of rotatable bonds is 3. The maximum atomic E-state index is 8.80. The summed E-state index contributed by atoms with van der Waals surface area (Å²) in [5.41, 5.74) is 1.73. The van der Waals surface area contributed by atoms with E-state index >= 15 is 0 Å². The highest BCUT2D eigenvalue weighted by Crippen LogP contribution is 2.39.